The molecule has 1 atom stereocenters. The standard InChI is InChI=1S/C18H22ClN/c1-3-14-7-9-15(10-8-14)12-18(20-2)13-16-5-4-6-17(19)11-16/h4-11,18,20H,3,12-13H2,1-2H3. The van der Waals surface area contributed by atoms with Gasteiger partial charge in [0, 0.05) is 11.1 Å². The summed E-state index contributed by atoms with van der Waals surface area (Å²) in [6.45, 7) is 2.19. The van der Waals surface area contributed by atoms with Crippen LogP contribution in [0.3, 0.4) is 0 Å². The molecule has 0 aliphatic heterocycles. The summed E-state index contributed by atoms with van der Waals surface area (Å²) in [5, 5.41) is 4.21. The van der Waals surface area contributed by atoms with E-state index in [-0.39, 0.29) is 0 Å². The van der Waals surface area contributed by atoms with Gasteiger partial charge in [-0.1, -0.05) is 54.9 Å². The largest absolute Gasteiger partial charge is 0.316 e. The van der Waals surface area contributed by atoms with Gasteiger partial charge in [0.15, 0.2) is 0 Å². The SMILES string of the molecule is CCc1ccc(CC(Cc2cccc(Cl)c2)NC)cc1. The maximum Gasteiger partial charge on any atom is 0.0408 e. The number of benzene rings is 2. The molecule has 2 rings (SSSR count). The van der Waals surface area contributed by atoms with Crippen molar-refractivity contribution in [3.8, 4) is 0 Å². The third-order valence-electron chi connectivity index (χ3n) is 3.69. The van der Waals surface area contributed by atoms with E-state index in [9.17, 15) is 0 Å². The molecule has 0 bridgehead atoms. The first-order chi connectivity index (χ1) is 9.71. The molecule has 106 valence electrons. The Kier molecular flexibility index (Phi) is 5.63. The molecule has 1 N–H and O–H groups in total. The number of hydrogen-bond acceptors (Lipinski definition) is 1. The molecule has 0 saturated carbocycles. The molecule has 0 aromatic heterocycles. The molecule has 0 radical (unpaired) electrons. The zero-order valence-corrected chi connectivity index (χ0v) is 13.0. The molecule has 1 unspecified atom stereocenters. The summed E-state index contributed by atoms with van der Waals surface area (Å²) >= 11 is 6.04. The van der Waals surface area contributed by atoms with E-state index < -0.39 is 0 Å². The fourth-order valence-corrected chi connectivity index (χ4v) is 2.63. The lowest BCUT2D eigenvalue weighted by atomic mass is 9.98. The Morgan fingerprint density at radius 2 is 1.60 bits per heavy atom. The van der Waals surface area contributed by atoms with Gasteiger partial charge in [-0.15, -0.1) is 0 Å². The van der Waals surface area contributed by atoms with Crippen molar-refractivity contribution < 1.29 is 0 Å². The van der Waals surface area contributed by atoms with Gasteiger partial charge in [-0.3, -0.25) is 0 Å². The quantitative estimate of drug-likeness (QED) is 0.836. The fraction of sp³-hybridized carbons (Fsp3) is 0.333. The third-order valence-corrected chi connectivity index (χ3v) is 3.93. The summed E-state index contributed by atoms with van der Waals surface area (Å²) in [5.41, 5.74) is 4.05. The van der Waals surface area contributed by atoms with Gasteiger partial charge in [0.25, 0.3) is 0 Å². The van der Waals surface area contributed by atoms with E-state index in [1.165, 1.54) is 16.7 Å². The summed E-state index contributed by atoms with van der Waals surface area (Å²) in [5.74, 6) is 0. The molecule has 0 aliphatic rings. The lowest BCUT2D eigenvalue weighted by Gasteiger charge is -2.17. The highest BCUT2D eigenvalue weighted by Gasteiger charge is 2.08. The summed E-state index contributed by atoms with van der Waals surface area (Å²) in [4.78, 5) is 0. The summed E-state index contributed by atoms with van der Waals surface area (Å²) in [6.07, 6.45) is 3.12. The average Bonchev–Trinajstić information content (AvgIpc) is 2.47. The highest BCUT2D eigenvalue weighted by Crippen LogP contribution is 2.14. The Labute approximate surface area is 127 Å². The van der Waals surface area contributed by atoms with Gasteiger partial charge in [-0.2, -0.15) is 0 Å². The van der Waals surface area contributed by atoms with Crippen molar-refractivity contribution in [2.24, 2.45) is 0 Å². The summed E-state index contributed by atoms with van der Waals surface area (Å²) < 4.78 is 0. The van der Waals surface area contributed by atoms with E-state index >= 15 is 0 Å². The molecule has 0 amide bonds. The Morgan fingerprint density at radius 3 is 2.20 bits per heavy atom. The number of aryl methyl sites for hydroxylation is 1. The molecular formula is C18H22ClN. The van der Waals surface area contributed by atoms with Crippen LogP contribution in [0.5, 0.6) is 0 Å². The lowest BCUT2D eigenvalue weighted by Crippen LogP contribution is -2.29. The normalized spacial score (nSPS) is 12.3. The zero-order chi connectivity index (χ0) is 14.4. The minimum absolute atomic E-state index is 0.431. The van der Waals surface area contributed by atoms with E-state index in [0.717, 1.165) is 24.3 Å². The molecule has 1 nitrogen and oxygen atoms in total. The second kappa shape index (κ2) is 7.47. The second-order valence-electron chi connectivity index (χ2n) is 5.19. The molecule has 2 heteroatoms. The first-order valence-corrected chi connectivity index (χ1v) is 7.58. The van der Waals surface area contributed by atoms with Crippen LogP contribution >= 0.6 is 11.6 Å². The van der Waals surface area contributed by atoms with Crippen LogP contribution in [-0.2, 0) is 19.3 Å². The first-order valence-electron chi connectivity index (χ1n) is 7.20. The van der Waals surface area contributed by atoms with Crippen molar-refractivity contribution in [1.29, 1.82) is 0 Å². The van der Waals surface area contributed by atoms with Crippen molar-refractivity contribution in [2.75, 3.05) is 7.05 Å². The van der Waals surface area contributed by atoms with Gasteiger partial charge in [0.2, 0.25) is 0 Å². The predicted octanol–water partition coefficient (Wildman–Crippen LogP) is 4.28. The smallest absolute Gasteiger partial charge is 0.0408 e. The first kappa shape index (κ1) is 15.1. The molecule has 20 heavy (non-hydrogen) atoms. The highest BCUT2D eigenvalue weighted by molar-refractivity contribution is 6.30. The molecule has 0 spiro atoms. The van der Waals surface area contributed by atoms with Crippen LogP contribution in [0.25, 0.3) is 0 Å². The van der Waals surface area contributed by atoms with Crippen LogP contribution in [0.2, 0.25) is 5.02 Å². The molecule has 2 aromatic carbocycles. The topological polar surface area (TPSA) is 12.0 Å². The Bertz CT molecular complexity index is 533. The van der Waals surface area contributed by atoms with E-state index in [4.69, 9.17) is 11.6 Å². The molecule has 0 fully saturated rings. The number of hydrogen-bond donors (Lipinski definition) is 1. The monoisotopic (exact) mass is 287 g/mol. The number of rotatable bonds is 6. The second-order valence-corrected chi connectivity index (χ2v) is 5.63. The van der Waals surface area contributed by atoms with Crippen molar-refractivity contribution >= 4 is 11.6 Å². The summed E-state index contributed by atoms with van der Waals surface area (Å²) in [6, 6.07) is 17.5. The van der Waals surface area contributed by atoms with Crippen molar-refractivity contribution in [3.05, 3.63) is 70.2 Å². The van der Waals surface area contributed by atoms with Crippen LogP contribution in [0.1, 0.15) is 23.6 Å². The van der Waals surface area contributed by atoms with Crippen LogP contribution in [0.4, 0.5) is 0 Å². The van der Waals surface area contributed by atoms with Gasteiger partial charge in [0.05, 0.1) is 0 Å². The van der Waals surface area contributed by atoms with Crippen LogP contribution in [0, 0.1) is 0 Å². The molecule has 0 heterocycles. The number of nitrogens with one attached hydrogen (secondary N) is 1. The molecular weight excluding hydrogens is 266 g/mol. The Balaban J connectivity index is 2.01. The van der Waals surface area contributed by atoms with Crippen molar-refractivity contribution in [3.63, 3.8) is 0 Å². The highest BCUT2D eigenvalue weighted by atomic mass is 35.5. The minimum Gasteiger partial charge on any atom is -0.316 e. The van der Waals surface area contributed by atoms with Gasteiger partial charge < -0.3 is 5.32 Å². The van der Waals surface area contributed by atoms with Crippen LogP contribution in [-0.4, -0.2) is 13.1 Å². The Morgan fingerprint density at radius 1 is 0.950 bits per heavy atom. The maximum atomic E-state index is 6.04. The van der Waals surface area contributed by atoms with Crippen LogP contribution < -0.4 is 5.32 Å². The van der Waals surface area contributed by atoms with E-state index in [1.807, 2.05) is 25.2 Å². The fourth-order valence-electron chi connectivity index (χ4n) is 2.42. The van der Waals surface area contributed by atoms with Gasteiger partial charge in [-0.05, 0) is 55.1 Å². The predicted molar refractivity (Wildman–Crippen MR) is 87.5 cm³/mol. The van der Waals surface area contributed by atoms with Crippen LogP contribution in [0.15, 0.2) is 48.5 Å². The minimum atomic E-state index is 0.431. The molecule has 2 aromatic rings. The van der Waals surface area contributed by atoms with Crippen molar-refractivity contribution in [1.82, 2.24) is 5.32 Å². The molecule has 0 aliphatic carbocycles. The summed E-state index contributed by atoms with van der Waals surface area (Å²) in [7, 11) is 2.02. The maximum absolute atomic E-state index is 6.04. The Hall–Kier alpha value is -1.31. The van der Waals surface area contributed by atoms with Gasteiger partial charge in [0.1, 0.15) is 0 Å². The average molecular weight is 288 g/mol. The van der Waals surface area contributed by atoms with E-state index in [0.29, 0.717) is 6.04 Å². The zero-order valence-electron chi connectivity index (χ0n) is 12.2. The lowest BCUT2D eigenvalue weighted by molar-refractivity contribution is 0.556. The van der Waals surface area contributed by atoms with E-state index in [2.05, 4.69) is 42.6 Å². The van der Waals surface area contributed by atoms with Gasteiger partial charge >= 0.3 is 0 Å². The molecule has 0 saturated heterocycles. The number of likely N-dealkylation sites (N-methyl/N-ethyl adjacent to an activating group) is 1. The van der Waals surface area contributed by atoms with Crippen molar-refractivity contribution in [2.45, 2.75) is 32.2 Å². The third kappa shape index (κ3) is 4.36. The number of halogens is 1. The van der Waals surface area contributed by atoms with E-state index in [1.54, 1.807) is 0 Å². The van der Waals surface area contributed by atoms with Gasteiger partial charge in [-0.25, -0.2) is 0 Å².